The fourth-order valence-corrected chi connectivity index (χ4v) is 3.25. The van der Waals surface area contributed by atoms with Crippen molar-refractivity contribution in [3.8, 4) is 0 Å². The number of hydrogen-bond acceptors (Lipinski definition) is 3. The first-order valence-electron chi connectivity index (χ1n) is 9.33. The third-order valence-electron chi connectivity index (χ3n) is 4.65. The maximum absolute atomic E-state index is 12.1. The van der Waals surface area contributed by atoms with E-state index in [4.69, 9.17) is 4.74 Å². The van der Waals surface area contributed by atoms with E-state index in [9.17, 15) is 3.89 Å². The van der Waals surface area contributed by atoms with E-state index in [2.05, 4.69) is 58.1 Å². The summed E-state index contributed by atoms with van der Waals surface area (Å²) in [6.07, 6.45) is 10.5. The van der Waals surface area contributed by atoms with Gasteiger partial charge in [-0.1, -0.05) is 12.2 Å². The maximum atomic E-state index is 12.1. The van der Waals surface area contributed by atoms with Gasteiger partial charge in [-0.05, 0) is 23.8 Å². The first-order chi connectivity index (χ1) is 13.6. The van der Waals surface area contributed by atoms with E-state index in [1.165, 1.54) is 22.2 Å². The molecule has 0 radical (unpaired) electrons. The van der Waals surface area contributed by atoms with Gasteiger partial charge in [0.2, 0.25) is 0 Å². The van der Waals surface area contributed by atoms with Gasteiger partial charge in [-0.15, -0.1) is 0 Å². The molecule has 1 aromatic carbocycles. The van der Waals surface area contributed by atoms with Crippen molar-refractivity contribution < 1.29 is 13.2 Å². The minimum absolute atomic E-state index is 0.317. The van der Waals surface area contributed by atoms with E-state index in [0.717, 1.165) is 12.1 Å². The SMILES string of the molecule is CN(C)c1ccc2c(c1)c(/C=C/c1cc[n+](C)cc1)cn2CCOCCSF. The summed E-state index contributed by atoms with van der Waals surface area (Å²) < 4.78 is 21.9. The fourth-order valence-electron chi connectivity index (χ4n) is 3.07. The van der Waals surface area contributed by atoms with Crippen LogP contribution in [0.25, 0.3) is 23.1 Å². The Kier molecular flexibility index (Phi) is 7.12. The summed E-state index contributed by atoms with van der Waals surface area (Å²) in [5.41, 5.74) is 4.68. The molecular weight excluding hydrogens is 373 g/mol. The number of hydrogen-bond donors (Lipinski definition) is 0. The molecule has 3 aromatic rings. The zero-order valence-electron chi connectivity index (χ0n) is 16.6. The number of fused-ring (bicyclic) bond motifs is 1. The molecule has 28 heavy (non-hydrogen) atoms. The zero-order chi connectivity index (χ0) is 19.9. The van der Waals surface area contributed by atoms with Gasteiger partial charge in [-0.25, -0.2) is 4.57 Å². The van der Waals surface area contributed by atoms with Gasteiger partial charge < -0.3 is 14.2 Å². The Morgan fingerprint density at radius 3 is 2.64 bits per heavy atom. The van der Waals surface area contributed by atoms with E-state index < -0.39 is 0 Å². The summed E-state index contributed by atoms with van der Waals surface area (Å²) in [4.78, 5) is 2.11. The van der Waals surface area contributed by atoms with Gasteiger partial charge in [0, 0.05) is 79.0 Å². The summed E-state index contributed by atoms with van der Waals surface area (Å²) in [5, 5.41) is 1.21. The number of aryl methyl sites for hydroxylation is 1. The number of anilines is 1. The molecule has 148 valence electrons. The summed E-state index contributed by atoms with van der Waals surface area (Å²) in [6, 6.07) is 10.7. The van der Waals surface area contributed by atoms with Crippen LogP contribution in [0.2, 0.25) is 0 Å². The maximum Gasteiger partial charge on any atom is 0.169 e. The van der Waals surface area contributed by atoms with Gasteiger partial charge in [0.25, 0.3) is 0 Å². The van der Waals surface area contributed by atoms with E-state index in [1.54, 1.807) is 0 Å². The lowest BCUT2D eigenvalue weighted by Crippen LogP contribution is -2.25. The number of rotatable bonds is 9. The molecule has 0 aliphatic carbocycles. The first kappa shape index (κ1) is 20.4. The average molecular weight is 401 g/mol. The number of ether oxygens (including phenoxy) is 1. The number of halogens is 1. The van der Waals surface area contributed by atoms with Crippen LogP contribution >= 0.6 is 12.1 Å². The normalized spacial score (nSPS) is 11.6. The molecule has 0 amide bonds. The van der Waals surface area contributed by atoms with Crippen molar-refractivity contribution in [1.29, 1.82) is 0 Å². The van der Waals surface area contributed by atoms with Crippen LogP contribution in [0.3, 0.4) is 0 Å². The highest BCUT2D eigenvalue weighted by atomic mass is 32.2. The Labute approximate surface area is 170 Å². The molecular formula is C22H27FN3OS+. The second kappa shape index (κ2) is 9.75. The molecule has 0 saturated heterocycles. The minimum atomic E-state index is 0.317. The van der Waals surface area contributed by atoms with Gasteiger partial charge in [-0.3, -0.25) is 0 Å². The molecule has 0 aliphatic heterocycles. The lowest BCUT2D eigenvalue weighted by molar-refractivity contribution is -0.671. The molecule has 0 atom stereocenters. The van der Waals surface area contributed by atoms with Crippen molar-refractivity contribution in [2.75, 3.05) is 38.0 Å². The highest BCUT2D eigenvalue weighted by Gasteiger charge is 2.09. The summed E-state index contributed by atoms with van der Waals surface area (Å²) in [7, 11) is 6.11. The second-order valence-corrected chi connectivity index (χ2v) is 7.56. The molecule has 0 aliphatic rings. The number of pyridine rings is 1. The van der Waals surface area contributed by atoms with Crippen molar-refractivity contribution >= 4 is 40.9 Å². The third-order valence-corrected chi connectivity index (χ3v) is 4.97. The molecule has 0 fully saturated rings. The predicted octanol–water partition coefficient (Wildman–Crippen LogP) is 4.34. The lowest BCUT2D eigenvalue weighted by Gasteiger charge is -2.13. The van der Waals surface area contributed by atoms with Crippen LogP contribution in [0.15, 0.2) is 48.9 Å². The second-order valence-electron chi connectivity index (χ2n) is 6.93. The molecule has 6 heteroatoms. The Bertz CT molecular complexity index is 935. The molecule has 0 saturated carbocycles. The van der Waals surface area contributed by atoms with E-state index in [-0.39, 0.29) is 0 Å². The lowest BCUT2D eigenvalue weighted by atomic mass is 10.1. The van der Waals surface area contributed by atoms with Crippen LogP contribution in [-0.4, -0.2) is 37.6 Å². The molecule has 2 aromatic heterocycles. The summed E-state index contributed by atoms with van der Waals surface area (Å²) >= 11 is 0.317. The van der Waals surface area contributed by atoms with E-state index in [1.807, 2.05) is 38.1 Å². The van der Waals surface area contributed by atoms with Gasteiger partial charge in [0.15, 0.2) is 12.4 Å². The van der Waals surface area contributed by atoms with Crippen molar-refractivity contribution in [1.82, 2.24) is 4.57 Å². The smallest absolute Gasteiger partial charge is 0.169 e. The van der Waals surface area contributed by atoms with Crippen molar-refractivity contribution in [2.24, 2.45) is 7.05 Å². The van der Waals surface area contributed by atoms with Crippen LogP contribution < -0.4 is 9.47 Å². The third kappa shape index (κ3) is 5.14. The number of benzene rings is 1. The minimum Gasteiger partial charge on any atom is -0.379 e. The Morgan fingerprint density at radius 2 is 1.93 bits per heavy atom. The van der Waals surface area contributed by atoms with E-state index in [0.29, 0.717) is 31.1 Å². The molecule has 0 spiro atoms. The van der Waals surface area contributed by atoms with E-state index >= 15 is 0 Å². The molecule has 0 bridgehead atoms. The van der Waals surface area contributed by atoms with Crippen LogP contribution in [0, 0.1) is 0 Å². The van der Waals surface area contributed by atoms with Gasteiger partial charge in [0.1, 0.15) is 7.05 Å². The average Bonchev–Trinajstić information content (AvgIpc) is 3.04. The Morgan fingerprint density at radius 1 is 1.14 bits per heavy atom. The topological polar surface area (TPSA) is 21.3 Å². The number of nitrogens with zero attached hydrogens (tertiary/aromatic N) is 3. The zero-order valence-corrected chi connectivity index (χ0v) is 17.5. The standard InChI is InChI=1S/C22H27FN3OS/c1-24(2)20-6-7-22-21(16-20)19(5-4-18-8-10-25(3)11-9-18)17-26(22)12-13-27-14-15-28-23/h4-11,16-17H,12-15H2,1-3H3/q+1. The highest BCUT2D eigenvalue weighted by Crippen LogP contribution is 2.27. The predicted molar refractivity (Wildman–Crippen MR) is 117 cm³/mol. The first-order valence-corrected chi connectivity index (χ1v) is 10.2. The molecule has 0 unspecified atom stereocenters. The highest BCUT2D eigenvalue weighted by molar-refractivity contribution is 7.94. The fraction of sp³-hybridized carbons (Fsp3) is 0.318. The summed E-state index contributed by atoms with van der Waals surface area (Å²) in [5.74, 6) is 0.376. The van der Waals surface area contributed by atoms with Crippen LogP contribution in [0.5, 0.6) is 0 Å². The van der Waals surface area contributed by atoms with Gasteiger partial charge in [-0.2, -0.15) is 3.89 Å². The molecule has 4 nitrogen and oxygen atoms in total. The quantitative estimate of drug-likeness (QED) is 0.394. The van der Waals surface area contributed by atoms with Crippen molar-refractivity contribution in [3.63, 3.8) is 0 Å². The largest absolute Gasteiger partial charge is 0.379 e. The van der Waals surface area contributed by atoms with Crippen LogP contribution in [-0.2, 0) is 18.3 Å². The van der Waals surface area contributed by atoms with Crippen molar-refractivity contribution in [3.05, 3.63) is 60.0 Å². The Hall–Kier alpha value is -2.31. The van der Waals surface area contributed by atoms with Crippen LogP contribution in [0.1, 0.15) is 11.1 Å². The van der Waals surface area contributed by atoms with Gasteiger partial charge in [0.05, 0.1) is 13.2 Å². The van der Waals surface area contributed by atoms with Crippen LogP contribution in [0.4, 0.5) is 9.57 Å². The molecule has 0 N–H and O–H groups in total. The number of aromatic nitrogens is 2. The molecule has 3 rings (SSSR count). The van der Waals surface area contributed by atoms with Crippen molar-refractivity contribution in [2.45, 2.75) is 6.54 Å². The Balaban J connectivity index is 1.88. The van der Waals surface area contributed by atoms with Gasteiger partial charge >= 0.3 is 0 Å². The monoisotopic (exact) mass is 400 g/mol. The summed E-state index contributed by atoms with van der Waals surface area (Å²) in [6.45, 7) is 1.74. The molecule has 2 heterocycles.